The standard InChI is InChI=1S/C15H20N4O4S/c1-23-14-5-4-12(24(16,21)22)10-13(14)15(20)18-6-2-3-8-19-9-7-17-11-19/h4-5,7,9-11H,2-3,6,8H2,1H3,(H,18,20)(H2,16,21,22). The van der Waals surface area contributed by atoms with E-state index >= 15 is 0 Å². The zero-order valence-corrected chi connectivity index (χ0v) is 14.1. The van der Waals surface area contributed by atoms with E-state index in [1.165, 1.54) is 25.3 Å². The quantitative estimate of drug-likeness (QED) is 0.680. The fourth-order valence-electron chi connectivity index (χ4n) is 2.18. The molecule has 130 valence electrons. The Bertz CT molecular complexity index is 788. The Balaban J connectivity index is 1.93. The van der Waals surface area contributed by atoms with Crippen LogP contribution in [0.1, 0.15) is 23.2 Å². The topological polar surface area (TPSA) is 116 Å². The molecule has 2 rings (SSSR count). The minimum Gasteiger partial charge on any atom is -0.496 e. The van der Waals surface area contributed by atoms with Gasteiger partial charge in [-0.25, -0.2) is 18.5 Å². The number of hydrogen-bond acceptors (Lipinski definition) is 5. The molecule has 0 atom stereocenters. The van der Waals surface area contributed by atoms with Gasteiger partial charge in [0, 0.05) is 25.5 Å². The number of nitrogens with two attached hydrogens (primary N) is 1. The molecule has 0 bridgehead atoms. The van der Waals surface area contributed by atoms with Crippen LogP contribution in [0.3, 0.4) is 0 Å². The van der Waals surface area contributed by atoms with Gasteiger partial charge < -0.3 is 14.6 Å². The van der Waals surface area contributed by atoms with Crippen molar-refractivity contribution >= 4 is 15.9 Å². The van der Waals surface area contributed by atoms with Crippen LogP contribution < -0.4 is 15.2 Å². The van der Waals surface area contributed by atoms with Crippen molar-refractivity contribution in [2.24, 2.45) is 5.14 Å². The molecule has 0 aliphatic carbocycles. The first-order chi connectivity index (χ1) is 11.4. The molecule has 24 heavy (non-hydrogen) atoms. The third-order valence-corrected chi connectivity index (χ3v) is 4.34. The number of sulfonamides is 1. The lowest BCUT2D eigenvalue weighted by Crippen LogP contribution is -2.25. The molecule has 0 saturated heterocycles. The number of unbranched alkanes of at least 4 members (excludes halogenated alkanes) is 1. The smallest absolute Gasteiger partial charge is 0.255 e. The van der Waals surface area contributed by atoms with Gasteiger partial charge in [-0.05, 0) is 31.0 Å². The van der Waals surface area contributed by atoms with Crippen LogP contribution in [-0.2, 0) is 16.6 Å². The predicted octanol–water partition coefficient (Wildman–Crippen LogP) is 0.749. The SMILES string of the molecule is COc1ccc(S(N)(=O)=O)cc1C(=O)NCCCCn1ccnc1. The second-order valence-electron chi connectivity index (χ2n) is 5.17. The molecule has 9 heteroatoms. The molecule has 0 aliphatic rings. The van der Waals surface area contributed by atoms with Gasteiger partial charge in [0.1, 0.15) is 5.75 Å². The Hall–Kier alpha value is -2.39. The van der Waals surface area contributed by atoms with Crippen molar-refractivity contribution in [1.29, 1.82) is 0 Å². The number of nitrogens with zero attached hydrogens (tertiary/aromatic N) is 2. The van der Waals surface area contributed by atoms with Gasteiger partial charge in [-0.2, -0.15) is 0 Å². The van der Waals surface area contributed by atoms with Gasteiger partial charge in [0.05, 0.1) is 23.9 Å². The van der Waals surface area contributed by atoms with E-state index in [4.69, 9.17) is 9.88 Å². The largest absolute Gasteiger partial charge is 0.496 e. The molecule has 0 spiro atoms. The number of aryl methyl sites for hydroxylation is 1. The van der Waals surface area contributed by atoms with Crippen molar-refractivity contribution in [2.75, 3.05) is 13.7 Å². The lowest BCUT2D eigenvalue weighted by Gasteiger charge is -2.11. The van der Waals surface area contributed by atoms with Gasteiger partial charge in [-0.1, -0.05) is 0 Å². The average Bonchev–Trinajstić information content (AvgIpc) is 3.06. The zero-order valence-electron chi connectivity index (χ0n) is 13.3. The van der Waals surface area contributed by atoms with E-state index < -0.39 is 15.9 Å². The Morgan fingerprint density at radius 1 is 1.38 bits per heavy atom. The number of aromatic nitrogens is 2. The van der Waals surface area contributed by atoms with E-state index in [0.29, 0.717) is 12.3 Å². The minimum absolute atomic E-state index is 0.131. The molecule has 0 unspecified atom stereocenters. The molecule has 0 saturated carbocycles. The number of benzene rings is 1. The van der Waals surface area contributed by atoms with E-state index in [1.807, 2.05) is 10.8 Å². The highest BCUT2D eigenvalue weighted by Gasteiger charge is 2.16. The van der Waals surface area contributed by atoms with Crippen LogP contribution in [-0.4, -0.2) is 37.5 Å². The second kappa shape index (κ2) is 7.93. The third-order valence-electron chi connectivity index (χ3n) is 3.43. The van der Waals surface area contributed by atoms with Crippen molar-refractivity contribution in [3.63, 3.8) is 0 Å². The maximum Gasteiger partial charge on any atom is 0.255 e. The number of amides is 1. The normalized spacial score (nSPS) is 11.2. The molecular formula is C15H20N4O4S. The second-order valence-corrected chi connectivity index (χ2v) is 6.73. The van der Waals surface area contributed by atoms with Gasteiger partial charge in [0.15, 0.2) is 0 Å². The number of rotatable bonds is 8. The minimum atomic E-state index is -3.88. The molecule has 3 N–H and O–H groups in total. The summed E-state index contributed by atoms with van der Waals surface area (Å²) < 4.78 is 29.9. The maximum atomic E-state index is 12.3. The maximum absolute atomic E-state index is 12.3. The van der Waals surface area contributed by atoms with E-state index in [2.05, 4.69) is 10.3 Å². The molecule has 8 nitrogen and oxygen atoms in total. The average molecular weight is 352 g/mol. The monoisotopic (exact) mass is 352 g/mol. The summed E-state index contributed by atoms with van der Waals surface area (Å²) in [4.78, 5) is 16.1. The number of carbonyl (C=O) groups is 1. The number of nitrogens with one attached hydrogen (secondary N) is 1. The lowest BCUT2D eigenvalue weighted by molar-refractivity contribution is 0.0949. The number of primary sulfonamides is 1. The molecule has 2 aromatic rings. The molecule has 0 aliphatic heterocycles. The Morgan fingerprint density at radius 2 is 2.17 bits per heavy atom. The van der Waals surface area contributed by atoms with Crippen LogP contribution >= 0.6 is 0 Å². The molecule has 0 fully saturated rings. The third kappa shape index (κ3) is 4.80. The van der Waals surface area contributed by atoms with Gasteiger partial charge in [-0.15, -0.1) is 0 Å². The van der Waals surface area contributed by atoms with Crippen LogP contribution in [0, 0.1) is 0 Å². The van der Waals surface area contributed by atoms with Crippen LogP contribution in [0.5, 0.6) is 5.75 Å². The van der Waals surface area contributed by atoms with Crippen molar-refractivity contribution in [2.45, 2.75) is 24.3 Å². The first-order valence-corrected chi connectivity index (χ1v) is 8.91. The first kappa shape index (κ1) is 18.0. The van der Waals surface area contributed by atoms with E-state index in [1.54, 1.807) is 12.5 Å². The summed E-state index contributed by atoms with van der Waals surface area (Å²) in [6.45, 7) is 1.29. The van der Waals surface area contributed by atoms with E-state index in [-0.39, 0.29) is 10.5 Å². The Kier molecular flexibility index (Phi) is 5.93. The molecule has 1 aromatic heterocycles. The number of carbonyl (C=O) groups excluding carboxylic acids is 1. The number of imidazole rings is 1. The number of ether oxygens (including phenoxy) is 1. The molecule has 1 aromatic carbocycles. The molecule has 1 amide bonds. The predicted molar refractivity (Wildman–Crippen MR) is 88.2 cm³/mol. The molecular weight excluding hydrogens is 332 g/mol. The van der Waals surface area contributed by atoms with Crippen LogP contribution in [0.15, 0.2) is 41.8 Å². The zero-order chi connectivity index (χ0) is 17.6. The van der Waals surface area contributed by atoms with Crippen molar-refractivity contribution in [3.05, 3.63) is 42.5 Å². The van der Waals surface area contributed by atoms with Gasteiger partial charge in [-0.3, -0.25) is 4.79 Å². The summed E-state index contributed by atoms with van der Waals surface area (Å²) in [7, 11) is -2.47. The molecule has 1 heterocycles. The van der Waals surface area contributed by atoms with Crippen LogP contribution in [0.25, 0.3) is 0 Å². The van der Waals surface area contributed by atoms with Crippen molar-refractivity contribution in [1.82, 2.24) is 14.9 Å². The Labute approximate surface area is 140 Å². The van der Waals surface area contributed by atoms with Crippen molar-refractivity contribution in [3.8, 4) is 5.75 Å². The summed E-state index contributed by atoms with van der Waals surface area (Å²) in [5.41, 5.74) is 0.138. The summed E-state index contributed by atoms with van der Waals surface area (Å²) in [6, 6.07) is 3.93. The van der Waals surface area contributed by atoms with Gasteiger partial charge in [0.25, 0.3) is 5.91 Å². The fourth-order valence-corrected chi connectivity index (χ4v) is 2.72. The number of methoxy groups -OCH3 is 1. The Morgan fingerprint density at radius 3 is 2.79 bits per heavy atom. The highest BCUT2D eigenvalue weighted by Crippen LogP contribution is 2.21. The molecule has 0 radical (unpaired) electrons. The van der Waals surface area contributed by atoms with Crippen molar-refractivity contribution < 1.29 is 17.9 Å². The lowest BCUT2D eigenvalue weighted by atomic mass is 10.2. The fraction of sp³-hybridized carbons (Fsp3) is 0.333. The summed E-state index contributed by atoms with van der Waals surface area (Å²) in [5, 5.41) is 7.85. The first-order valence-electron chi connectivity index (χ1n) is 7.36. The summed E-state index contributed by atoms with van der Waals surface area (Å²) >= 11 is 0. The van der Waals surface area contributed by atoms with E-state index in [0.717, 1.165) is 19.4 Å². The van der Waals surface area contributed by atoms with Gasteiger partial charge >= 0.3 is 0 Å². The highest BCUT2D eigenvalue weighted by molar-refractivity contribution is 7.89. The van der Waals surface area contributed by atoms with Crippen LogP contribution in [0.4, 0.5) is 0 Å². The summed E-state index contributed by atoms with van der Waals surface area (Å²) in [6.07, 6.45) is 6.99. The number of hydrogen-bond donors (Lipinski definition) is 2. The van der Waals surface area contributed by atoms with Gasteiger partial charge in [0.2, 0.25) is 10.0 Å². The highest BCUT2D eigenvalue weighted by atomic mass is 32.2. The van der Waals surface area contributed by atoms with Crippen LogP contribution in [0.2, 0.25) is 0 Å². The van der Waals surface area contributed by atoms with E-state index in [9.17, 15) is 13.2 Å². The summed E-state index contributed by atoms with van der Waals surface area (Å²) in [5.74, 6) is -0.113.